The number of halogens is 2. The molecule has 0 amide bonds. The number of nitrogens with one attached hydrogen (secondary N) is 1. The van der Waals surface area contributed by atoms with E-state index < -0.39 is 23.2 Å². The molecule has 0 saturated heterocycles. The Labute approximate surface area is 123 Å². The summed E-state index contributed by atoms with van der Waals surface area (Å²) in [7, 11) is 1.12. The number of carbonyl (C=O) groups is 1. The predicted octanol–water partition coefficient (Wildman–Crippen LogP) is 3.37. The lowest BCUT2D eigenvalue weighted by Crippen LogP contribution is -2.10. The third-order valence-electron chi connectivity index (χ3n) is 2.83. The molecule has 0 aliphatic heterocycles. The molecule has 6 heteroatoms. The van der Waals surface area contributed by atoms with Crippen molar-refractivity contribution in [2.24, 2.45) is 0 Å². The Morgan fingerprint density at radius 1 is 1.24 bits per heavy atom. The number of rotatable bonds is 8. The van der Waals surface area contributed by atoms with E-state index in [0.29, 0.717) is 13.2 Å². The van der Waals surface area contributed by atoms with Crippen LogP contribution in [0.2, 0.25) is 0 Å². The number of hydrogen-bond acceptors (Lipinski definition) is 4. The van der Waals surface area contributed by atoms with Crippen molar-refractivity contribution < 1.29 is 23.0 Å². The van der Waals surface area contributed by atoms with Gasteiger partial charge < -0.3 is 14.8 Å². The van der Waals surface area contributed by atoms with E-state index in [2.05, 4.69) is 10.1 Å². The van der Waals surface area contributed by atoms with Gasteiger partial charge in [0.1, 0.15) is 0 Å². The number of unbranched alkanes of at least 4 members (excludes halogenated alkanes) is 1. The van der Waals surface area contributed by atoms with Crippen molar-refractivity contribution in [3.05, 3.63) is 29.3 Å². The lowest BCUT2D eigenvalue weighted by atomic mass is 10.1. The van der Waals surface area contributed by atoms with Gasteiger partial charge in [-0.2, -0.15) is 0 Å². The molecule has 0 spiro atoms. The zero-order chi connectivity index (χ0) is 15.8. The molecule has 0 aliphatic carbocycles. The Morgan fingerprint density at radius 2 is 1.95 bits per heavy atom. The molecule has 1 aromatic carbocycles. The van der Waals surface area contributed by atoms with Crippen molar-refractivity contribution in [1.82, 2.24) is 0 Å². The van der Waals surface area contributed by atoms with E-state index in [1.165, 1.54) is 12.1 Å². The van der Waals surface area contributed by atoms with Crippen LogP contribution in [0.3, 0.4) is 0 Å². The highest BCUT2D eigenvalue weighted by Crippen LogP contribution is 2.21. The number of benzene rings is 1. The first-order chi connectivity index (χ1) is 9.97. The summed E-state index contributed by atoms with van der Waals surface area (Å²) >= 11 is 0. The number of hydrogen-bond donors (Lipinski definition) is 1. The first kappa shape index (κ1) is 17.4. The van der Waals surface area contributed by atoms with Crippen LogP contribution in [0.25, 0.3) is 0 Å². The van der Waals surface area contributed by atoms with Crippen LogP contribution in [0.1, 0.15) is 37.0 Å². The summed E-state index contributed by atoms with van der Waals surface area (Å²) in [5.74, 6) is -3.17. The van der Waals surface area contributed by atoms with Gasteiger partial charge in [-0.1, -0.05) is 0 Å². The molecule has 1 aromatic rings. The minimum absolute atomic E-state index is 0.0323. The van der Waals surface area contributed by atoms with E-state index in [1.807, 2.05) is 13.8 Å². The van der Waals surface area contributed by atoms with Crippen LogP contribution >= 0.6 is 0 Å². The standard InChI is InChI=1S/C15H21F2NO3/c1-10(2)21-9-5-4-8-18-12-7-6-11(15(19)20-3)13(16)14(12)17/h6-7,10,18H,4-5,8-9H2,1-3H3. The van der Waals surface area contributed by atoms with Gasteiger partial charge in [-0.15, -0.1) is 0 Å². The Balaban J connectivity index is 2.50. The topological polar surface area (TPSA) is 47.6 Å². The highest BCUT2D eigenvalue weighted by atomic mass is 19.2. The van der Waals surface area contributed by atoms with Gasteiger partial charge in [-0.3, -0.25) is 0 Å². The molecular weight excluding hydrogens is 280 g/mol. The van der Waals surface area contributed by atoms with Gasteiger partial charge in [0, 0.05) is 13.2 Å². The average Bonchev–Trinajstić information content (AvgIpc) is 2.46. The van der Waals surface area contributed by atoms with Gasteiger partial charge in [0.2, 0.25) is 0 Å². The zero-order valence-electron chi connectivity index (χ0n) is 12.5. The van der Waals surface area contributed by atoms with Crippen molar-refractivity contribution >= 4 is 11.7 Å². The Hall–Kier alpha value is -1.69. The van der Waals surface area contributed by atoms with Crippen molar-refractivity contribution in [1.29, 1.82) is 0 Å². The number of ether oxygens (including phenoxy) is 2. The fourth-order valence-corrected chi connectivity index (χ4v) is 1.72. The zero-order valence-corrected chi connectivity index (χ0v) is 12.5. The Bertz CT molecular complexity index is 478. The molecular formula is C15H21F2NO3. The Kier molecular flexibility index (Phi) is 7.08. The monoisotopic (exact) mass is 301 g/mol. The van der Waals surface area contributed by atoms with Crippen LogP contribution < -0.4 is 5.32 Å². The van der Waals surface area contributed by atoms with E-state index in [0.717, 1.165) is 20.0 Å². The molecule has 0 heterocycles. The summed E-state index contributed by atoms with van der Waals surface area (Å²) in [5, 5.41) is 2.80. The summed E-state index contributed by atoms with van der Waals surface area (Å²) in [6, 6.07) is 2.53. The highest BCUT2D eigenvalue weighted by Gasteiger charge is 2.18. The molecule has 0 radical (unpaired) electrons. The quantitative estimate of drug-likeness (QED) is 0.591. The van der Waals surface area contributed by atoms with Gasteiger partial charge in [-0.25, -0.2) is 13.6 Å². The summed E-state index contributed by atoms with van der Waals surface area (Å²) < 4.78 is 37.2. The maximum atomic E-state index is 13.8. The summed E-state index contributed by atoms with van der Waals surface area (Å²) in [5.41, 5.74) is -0.379. The molecule has 4 nitrogen and oxygen atoms in total. The minimum atomic E-state index is -1.20. The van der Waals surface area contributed by atoms with Gasteiger partial charge >= 0.3 is 5.97 Å². The van der Waals surface area contributed by atoms with Crippen LogP contribution in [-0.2, 0) is 9.47 Å². The third kappa shape index (κ3) is 5.30. The van der Waals surface area contributed by atoms with Crippen LogP contribution in [0.15, 0.2) is 12.1 Å². The molecule has 0 atom stereocenters. The normalized spacial score (nSPS) is 10.8. The van der Waals surface area contributed by atoms with E-state index in [4.69, 9.17) is 4.74 Å². The highest BCUT2D eigenvalue weighted by molar-refractivity contribution is 5.90. The molecule has 1 rings (SSSR count). The van der Waals surface area contributed by atoms with Crippen LogP contribution in [0.5, 0.6) is 0 Å². The largest absolute Gasteiger partial charge is 0.465 e. The SMILES string of the molecule is COC(=O)c1ccc(NCCCCOC(C)C)c(F)c1F. The molecule has 0 aliphatic rings. The number of carbonyl (C=O) groups excluding carboxylic acids is 1. The summed E-state index contributed by atoms with van der Waals surface area (Å²) in [6.45, 7) is 5.05. The molecule has 0 bridgehead atoms. The van der Waals surface area contributed by atoms with Crippen LogP contribution in [0.4, 0.5) is 14.5 Å². The van der Waals surface area contributed by atoms with Gasteiger partial charge in [0.05, 0.1) is 24.5 Å². The van der Waals surface area contributed by atoms with E-state index in [9.17, 15) is 13.6 Å². The average molecular weight is 301 g/mol. The van der Waals surface area contributed by atoms with E-state index in [-0.39, 0.29) is 11.8 Å². The molecule has 118 valence electrons. The predicted molar refractivity (Wildman–Crippen MR) is 76.5 cm³/mol. The maximum absolute atomic E-state index is 13.8. The van der Waals surface area contributed by atoms with Crippen molar-refractivity contribution in [2.75, 3.05) is 25.6 Å². The van der Waals surface area contributed by atoms with E-state index >= 15 is 0 Å². The summed E-state index contributed by atoms with van der Waals surface area (Å²) in [4.78, 5) is 11.2. The second kappa shape index (κ2) is 8.56. The van der Waals surface area contributed by atoms with Gasteiger partial charge in [0.25, 0.3) is 0 Å². The second-order valence-electron chi connectivity index (χ2n) is 4.83. The Morgan fingerprint density at radius 3 is 2.57 bits per heavy atom. The summed E-state index contributed by atoms with van der Waals surface area (Å²) in [6.07, 6.45) is 1.79. The van der Waals surface area contributed by atoms with Gasteiger partial charge in [0.15, 0.2) is 11.6 Å². The molecule has 21 heavy (non-hydrogen) atoms. The van der Waals surface area contributed by atoms with Crippen LogP contribution in [-0.4, -0.2) is 32.3 Å². The van der Waals surface area contributed by atoms with Crippen molar-refractivity contribution in [3.8, 4) is 0 Å². The lowest BCUT2D eigenvalue weighted by molar-refractivity contribution is 0.0594. The number of anilines is 1. The van der Waals surface area contributed by atoms with Gasteiger partial charge in [-0.05, 0) is 38.8 Å². The molecule has 0 aromatic heterocycles. The minimum Gasteiger partial charge on any atom is -0.465 e. The maximum Gasteiger partial charge on any atom is 0.340 e. The third-order valence-corrected chi connectivity index (χ3v) is 2.83. The van der Waals surface area contributed by atoms with E-state index in [1.54, 1.807) is 0 Å². The first-order valence-corrected chi connectivity index (χ1v) is 6.89. The van der Waals surface area contributed by atoms with Crippen LogP contribution in [0, 0.1) is 11.6 Å². The molecule has 1 N–H and O–H groups in total. The number of esters is 1. The van der Waals surface area contributed by atoms with Crippen molar-refractivity contribution in [2.45, 2.75) is 32.8 Å². The molecule has 0 fully saturated rings. The fourth-order valence-electron chi connectivity index (χ4n) is 1.72. The molecule has 0 unspecified atom stereocenters. The second-order valence-corrected chi connectivity index (χ2v) is 4.83. The smallest absolute Gasteiger partial charge is 0.340 e. The van der Waals surface area contributed by atoms with Crippen molar-refractivity contribution in [3.63, 3.8) is 0 Å². The molecule has 0 saturated carbocycles. The first-order valence-electron chi connectivity index (χ1n) is 6.89. The lowest BCUT2D eigenvalue weighted by Gasteiger charge is -2.10. The fraction of sp³-hybridized carbons (Fsp3) is 0.533. The number of methoxy groups -OCH3 is 1.